The zero-order valence-corrected chi connectivity index (χ0v) is 13.7. The van der Waals surface area contributed by atoms with Gasteiger partial charge in [0.25, 0.3) is 0 Å². The van der Waals surface area contributed by atoms with E-state index in [0.29, 0.717) is 30.7 Å². The highest BCUT2D eigenvalue weighted by molar-refractivity contribution is 6.17. The summed E-state index contributed by atoms with van der Waals surface area (Å²) in [5, 5.41) is 0. The van der Waals surface area contributed by atoms with Gasteiger partial charge in [-0.15, -0.1) is 11.6 Å². The van der Waals surface area contributed by atoms with Gasteiger partial charge in [0.05, 0.1) is 19.8 Å². The van der Waals surface area contributed by atoms with Crippen molar-refractivity contribution in [1.82, 2.24) is 14.5 Å². The second kappa shape index (κ2) is 7.09. The van der Waals surface area contributed by atoms with Crippen LogP contribution in [0.1, 0.15) is 25.7 Å². The highest BCUT2D eigenvalue weighted by atomic mass is 35.5. The molecule has 2 aromatic rings. The molecule has 2 heterocycles. The van der Waals surface area contributed by atoms with E-state index in [1.54, 1.807) is 14.2 Å². The van der Waals surface area contributed by atoms with Crippen molar-refractivity contribution < 1.29 is 9.47 Å². The van der Waals surface area contributed by atoms with Crippen LogP contribution >= 0.6 is 11.6 Å². The molecule has 0 saturated heterocycles. The van der Waals surface area contributed by atoms with Crippen molar-refractivity contribution in [3.05, 3.63) is 18.0 Å². The molecular weight excluding hydrogens is 290 g/mol. The largest absolute Gasteiger partial charge is 0.481 e. The summed E-state index contributed by atoms with van der Waals surface area (Å²) in [5.41, 5.74) is 1.68. The first-order chi connectivity index (χ1) is 10.1. The molecule has 0 aromatic carbocycles. The van der Waals surface area contributed by atoms with Crippen LogP contribution in [0.15, 0.2) is 12.1 Å². The summed E-state index contributed by atoms with van der Waals surface area (Å²) in [6.07, 6.45) is 0.702. The molecular formula is C15H22ClN3O2. The fourth-order valence-electron chi connectivity index (χ4n) is 2.46. The number of aryl methyl sites for hydroxylation is 1. The summed E-state index contributed by atoms with van der Waals surface area (Å²) in [6, 6.07) is 3.92. The SMILES string of the molecule is COCC(C(C)C)n1c(CCCl)nc2ccc(OC)nc21. The van der Waals surface area contributed by atoms with Gasteiger partial charge in [0, 0.05) is 25.5 Å². The molecule has 0 aliphatic heterocycles. The fraction of sp³-hybridized carbons (Fsp3) is 0.600. The highest BCUT2D eigenvalue weighted by Gasteiger charge is 2.23. The van der Waals surface area contributed by atoms with Crippen LogP contribution in [0.5, 0.6) is 5.88 Å². The molecule has 0 spiro atoms. The minimum Gasteiger partial charge on any atom is -0.481 e. The molecule has 0 fully saturated rings. The Morgan fingerprint density at radius 3 is 2.57 bits per heavy atom. The lowest BCUT2D eigenvalue weighted by atomic mass is 10.0. The molecule has 5 nitrogen and oxygen atoms in total. The quantitative estimate of drug-likeness (QED) is 0.737. The molecule has 0 amide bonds. The van der Waals surface area contributed by atoms with Gasteiger partial charge in [-0.05, 0) is 12.0 Å². The Kier molecular flexibility index (Phi) is 5.42. The number of aromatic nitrogens is 3. The molecule has 0 saturated carbocycles. The van der Waals surface area contributed by atoms with Crippen molar-refractivity contribution >= 4 is 22.8 Å². The van der Waals surface area contributed by atoms with Gasteiger partial charge in [-0.3, -0.25) is 0 Å². The molecule has 2 aromatic heterocycles. The highest BCUT2D eigenvalue weighted by Crippen LogP contribution is 2.27. The zero-order chi connectivity index (χ0) is 15.4. The van der Waals surface area contributed by atoms with Crippen LogP contribution < -0.4 is 4.74 Å². The molecule has 21 heavy (non-hydrogen) atoms. The van der Waals surface area contributed by atoms with Gasteiger partial charge in [-0.25, -0.2) is 4.98 Å². The number of nitrogens with zero attached hydrogens (tertiary/aromatic N) is 3. The van der Waals surface area contributed by atoms with Gasteiger partial charge in [-0.2, -0.15) is 4.98 Å². The van der Waals surface area contributed by atoms with Gasteiger partial charge in [0.1, 0.15) is 11.3 Å². The van der Waals surface area contributed by atoms with Crippen LogP contribution in [0.25, 0.3) is 11.2 Å². The van der Waals surface area contributed by atoms with Crippen molar-refractivity contribution in [1.29, 1.82) is 0 Å². The Labute approximate surface area is 130 Å². The van der Waals surface area contributed by atoms with E-state index in [4.69, 9.17) is 21.1 Å². The maximum atomic E-state index is 5.93. The van der Waals surface area contributed by atoms with Crippen LogP contribution in [0, 0.1) is 5.92 Å². The Hall–Kier alpha value is -1.33. The summed E-state index contributed by atoms with van der Waals surface area (Å²) in [5.74, 6) is 2.44. The number of imidazole rings is 1. The van der Waals surface area contributed by atoms with E-state index in [0.717, 1.165) is 17.0 Å². The first kappa shape index (κ1) is 16.0. The third-order valence-electron chi connectivity index (χ3n) is 3.55. The minimum absolute atomic E-state index is 0.165. The lowest BCUT2D eigenvalue weighted by molar-refractivity contribution is 0.133. The maximum absolute atomic E-state index is 5.93. The topological polar surface area (TPSA) is 49.2 Å². The zero-order valence-electron chi connectivity index (χ0n) is 13.0. The van der Waals surface area contributed by atoms with Crippen molar-refractivity contribution in [3.63, 3.8) is 0 Å². The molecule has 1 atom stereocenters. The minimum atomic E-state index is 0.165. The second-order valence-corrected chi connectivity index (χ2v) is 5.68. The number of hydrogen-bond acceptors (Lipinski definition) is 4. The third-order valence-corrected chi connectivity index (χ3v) is 3.74. The van der Waals surface area contributed by atoms with Crippen molar-refractivity contribution in [2.75, 3.05) is 26.7 Å². The Balaban J connectivity index is 2.62. The monoisotopic (exact) mass is 311 g/mol. The Morgan fingerprint density at radius 1 is 1.24 bits per heavy atom. The van der Waals surface area contributed by atoms with Crippen LogP contribution in [-0.2, 0) is 11.2 Å². The van der Waals surface area contributed by atoms with Crippen LogP contribution in [0.3, 0.4) is 0 Å². The number of hydrogen-bond donors (Lipinski definition) is 0. The Morgan fingerprint density at radius 2 is 2.00 bits per heavy atom. The number of pyridine rings is 1. The first-order valence-electron chi connectivity index (χ1n) is 7.09. The van der Waals surface area contributed by atoms with Gasteiger partial charge >= 0.3 is 0 Å². The third kappa shape index (κ3) is 3.30. The molecule has 0 aliphatic rings. The maximum Gasteiger partial charge on any atom is 0.215 e. The van der Waals surface area contributed by atoms with E-state index < -0.39 is 0 Å². The summed E-state index contributed by atoms with van der Waals surface area (Å²) in [7, 11) is 3.33. The van der Waals surface area contributed by atoms with Crippen molar-refractivity contribution in [2.24, 2.45) is 5.92 Å². The molecule has 116 valence electrons. The van der Waals surface area contributed by atoms with Crippen molar-refractivity contribution in [3.8, 4) is 5.88 Å². The fourth-order valence-corrected chi connectivity index (χ4v) is 2.63. The number of ether oxygens (including phenoxy) is 2. The van der Waals surface area contributed by atoms with E-state index in [-0.39, 0.29) is 6.04 Å². The van der Waals surface area contributed by atoms with Gasteiger partial charge in [0.15, 0.2) is 5.65 Å². The molecule has 6 heteroatoms. The van der Waals surface area contributed by atoms with E-state index >= 15 is 0 Å². The summed E-state index contributed by atoms with van der Waals surface area (Å²) in [6.45, 7) is 4.94. The molecule has 0 radical (unpaired) electrons. The van der Waals surface area contributed by atoms with E-state index in [9.17, 15) is 0 Å². The number of alkyl halides is 1. The average molecular weight is 312 g/mol. The number of methoxy groups -OCH3 is 2. The van der Waals surface area contributed by atoms with E-state index in [1.807, 2.05) is 12.1 Å². The lowest BCUT2D eigenvalue weighted by Gasteiger charge is -2.24. The molecule has 0 N–H and O–H groups in total. The number of rotatable bonds is 7. The van der Waals surface area contributed by atoms with Crippen LogP contribution in [0.2, 0.25) is 0 Å². The molecule has 0 aliphatic carbocycles. The average Bonchev–Trinajstić information content (AvgIpc) is 2.81. The predicted octanol–water partition coefficient (Wildman–Crippen LogP) is 3.06. The summed E-state index contributed by atoms with van der Waals surface area (Å²) in [4.78, 5) is 9.23. The first-order valence-corrected chi connectivity index (χ1v) is 7.62. The number of fused-ring (bicyclic) bond motifs is 1. The molecule has 2 rings (SSSR count). The van der Waals surface area contributed by atoms with Gasteiger partial charge < -0.3 is 14.0 Å². The summed E-state index contributed by atoms with van der Waals surface area (Å²) >= 11 is 5.93. The van der Waals surface area contributed by atoms with Gasteiger partial charge in [-0.1, -0.05) is 13.8 Å². The second-order valence-electron chi connectivity index (χ2n) is 5.30. The standard InChI is InChI=1S/C15H22ClN3O2/c1-10(2)12(9-20-3)19-13(7-8-16)17-11-5-6-14(21-4)18-15(11)19/h5-6,10,12H,7-9H2,1-4H3. The number of halogens is 1. The van der Waals surface area contributed by atoms with Crippen molar-refractivity contribution in [2.45, 2.75) is 26.3 Å². The molecule has 0 bridgehead atoms. The smallest absolute Gasteiger partial charge is 0.215 e. The van der Waals surface area contributed by atoms with E-state index in [1.165, 1.54) is 0 Å². The molecule has 1 unspecified atom stereocenters. The summed E-state index contributed by atoms with van der Waals surface area (Å²) < 4.78 is 12.8. The van der Waals surface area contributed by atoms with Crippen LogP contribution in [0.4, 0.5) is 0 Å². The lowest BCUT2D eigenvalue weighted by Crippen LogP contribution is -2.23. The van der Waals surface area contributed by atoms with E-state index in [2.05, 4.69) is 28.4 Å². The normalized spacial score (nSPS) is 13.0. The predicted molar refractivity (Wildman–Crippen MR) is 84.3 cm³/mol. The van der Waals surface area contributed by atoms with Gasteiger partial charge in [0.2, 0.25) is 5.88 Å². The Bertz CT molecular complexity index is 598. The van der Waals surface area contributed by atoms with Crippen LogP contribution in [-0.4, -0.2) is 41.2 Å².